The van der Waals surface area contributed by atoms with Gasteiger partial charge in [-0.3, -0.25) is 0 Å². The van der Waals surface area contributed by atoms with Crippen LogP contribution in [0.15, 0.2) is 28.7 Å². The van der Waals surface area contributed by atoms with Crippen molar-refractivity contribution in [2.24, 2.45) is 0 Å². The van der Waals surface area contributed by atoms with Crippen molar-refractivity contribution in [2.75, 3.05) is 19.0 Å². The Morgan fingerprint density at radius 3 is 2.42 bits per heavy atom. The van der Waals surface area contributed by atoms with Crippen LogP contribution >= 0.6 is 15.9 Å². The minimum Gasteiger partial charge on any atom is -0.371 e. The zero-order valence-electron chi connectivity index (χ0n) is 11.8. The maximum atomic E-state index is 3.68. The molecule has 1 aromatic carbocycles. The number of piperidine rings is 2. The number of rotatable bonds is 2. The molecule has 0 radical (unpaired) electrons. The third-order valence-corrected chi connectivity index (χ3v) is 5.77. The molecule has 2 fully saturated rings. The lowest BCUT2D eigenvalue weighted by atomic mass is 9.81. The second-order valence-electron chi connectivity index (χ2n) is 6.09. The van der Waals surface area contributed by atoms with Gasteiger partial charge in [0, 0.05) is 29.6 Å². The van der Waals surface area contributed by atoms with E-state index in [0.29, 0.717) is 6.04 Å². The fourth-order valence-electron chi connectivity index (χ4n) is 3.84. The summed E-state index contributed by atoms with van der Waals surface area (Å²) in [5.41, 5.74) is 1.33. The zero-order valence-corrected chi connectivity index (χ0v) is 13.4. The summed E-state index contributed by atoms with van der Waals surface area (Å²) < 4.78 is 1.21. The number of nitrogens with zero attached hydrogens (tertiary/aromatic N) is 2. The van der Waals surface area contributed by atoms with Gasteiger partial charge in [0.1, 0.15) is 0 Å². The van der Waals surface area contributed by atoms with E-state index in [1.807, 2.05) is 0 Å². The van der Waals surface area contributed by atoms with Gasteiger partial charge in [0.25, 0.3) is 0 Å². The molecular formula is C16H23BrN2. The summed E-state index contributed by atoms with van der Waals surface area (Å²) in [5.74, 6) is 0. The molecule has 3 atom stereocenters. The summed E-state index contributed by atoms with van der Waals surface area (Å²) in [7, 11) is 4.58. The Kier molecular flexibility index (Phi) is 3.86. The largest absolute Gasteiger partial charge is 0.371 e. The highest BCUT2D eigenvalue weighted by Gasteiger charge is 2.37. The Morgan fingerprint density at radius 2 is 1.79 bits per heavy atom. The molecular weight excluding hydrogens is 300 g/mol. The maximum absolute atomic E-state index is 3.68. The van der Waals surface area contributed by atoms with Gasteiger partial charge in [-0.25, -0.2) is 0 Å². The van der Waals surface area contributed by atoms with E-state index in [2.05, 4.69) is 64.1 Å². The quantitative estimate of drug-likeness (QED) is 0.814. The second-order valence-corrected chi connectivity index (χ2v) is 6.95. The lowest BCUT2D eigenvalue weighted by molar-refractivity contribution is 0.0559. The first-order chi connectivity index (χ1) is 9.16. The van der Waals surface area contributed by atoms with Crippen LogP contribution in [0.1, 0.15) is 32.1 Å². The summed E-state index contributed by atoms with van der Waals surface area (Å²) in [6.45, 7) is 0. The molecule has 3 heteroatoms. The molecule has 0 aliphatic carbocycles. The molecule has 1 aromatic rings. The Labute approximate surface area is 124 Å². The highest BCUT2D eigenvalue weighted by molar-refractivity contribution is 9.10. The number of para-hydroxylation sites is 1. The van der Waals surface area contributed by atoms with Crippen molar-refractivity contribution >= 4 is 21.6 Å². The van der Waals surface area contributed by atoms with E-state index in [1.54, 1.807) is 0 Å². The minimum atomic E-state index is 0.685. The summed E-state index contributed by atoms with van der Waals surface area (Å²) in [6, 6.07) is 10.9. The number of benzene rings is 1. The third kappa shape index (κ3) is 2.55. The highest BCUT2D eigenvalue weighted by Crippen LogP contribution is 2.37. The van der Waals surface area contributed by atoms with Crippen LogP contribution < -0.4 is 4.90 Å². The molecule has 2 unspecified atom stereocenters. The summed E-state index contributed by atoms with van der Waals surface area (Å²) in [5, 5.41) is 0. The lowest BCUT2D eigenvalue weighted by Gasteiger charge is -2.49. The van der Waals surface area contributed by atoms with Crippen LogP contribution in [0, 0.1) is 0 Å². The van der Waals surface area contributed by atoms with Gasteiger partial charge in [0.15, 0.2) is 0 Å². The number of anilines is 1. The van der Waals surface area contributed by atoms with Gasteiger partial charge in [0.2, 0.25) is 0 Å². The molecule has 0 saturated carbocycles. The SMILES string of the molecule is CN(c1ccccc1Br)C1CC2CCC[C@H](C1)N2C. The number of hydrogen-bond donors (Lipinski definition) is 0. The first kappa shape index (κ1) is 13.4. The van der Waals surface area contributed by atoms with Gasteiger partial charge in [-0.05, 0) is 60.8 Å². The molecule has 2 saturated heterocycles. The Bertz CT molecular complexity index is 434. The van der Waals surface area contributed by atoms with Gasteiger partial charge in [-0.15, -0.1) is 0 Å². The molecule has 0 amide bonds. The first-order valence-electron chi connectivity index (χ1n) is 7.36. The van der Waals surface area contributed by atoms with Crippen LogP contribution in [0.4, 0.5) is 5.69 Å². The van der Waals surface area contributed by atoms with Crippen LogP contribution in [-0.2, 0) is 0 Å². The summed E-state index contributed by atoms with van der Waals surface area (Å²) in [4.78, 5) is 5.12. The fourth-order valence-corrected chi connectivity index (χ4v) is 4.40. The molecule has 2 heterocycles. The number of fused-ring (bicyclic) bond motifs is 2. The van der Waals surface area contributed by atoms with Crippen molar-refractivity contribution in [3.63, 3.8) is 0 Å². The molecule has 19 heavy (non-hydrogen) atoms. The van der Waals surface area contributed by atoms with Crippen molar-refractivity contribution < 1.29 is 0 Å². The number of halogens is 1. The molecule has 2 nitrogen and oxygen atoms in total. The Balaban J connectivity index is 1.78. The number of hydrogen-bond acceptors (Lipinski definition) is 2. The van der Waals surface area contributed by atoms with E-state index >= 15 is 0 Å². The normalized spacial score (nSPS) is 31.2. The van der Waals surface area contributed by atoms with Gasteiger partial charge in [-0.2, -0.15) is 0 Å². The van der Waals surface area contributed by atoms with Crippen LogP contribution in [0.5, 0.6) is 0 Å². The summed E-state index contributed by atoms with van der Waals surface area (Å²) >= 11 is 3.68. The molecule has 3 rings (SSSR count). The standard InChI is InChI=1S/C16H23BrN2/c1-18-12-6-5-7-13(18)11-14(10-12)19(2)16-9-4-3-8-15(16)17/h3-4,8-9,12-14H,5-7,10-11H2,1-2H3/t12-,13?,14?/m1/s1. The van der Waals surface area contributed by atoms with Crippen LogP contribution in [0.25, 0.3) is 0 Å². The van der Waals surface area contributed by atoms with Crippen molar-refractivity contribution in [3.8, 4) is 0 Å². The topological polar surface area (TPSA) is 6.48 Å². The average molecular weight is 323 g/mol. The van der Waals surface area contributed by atoms with E-state index < -0.39 is 0 Å². The van der Waals surface area contributed by atoms with Gasteiger partial charge in [0.05, 0.1) is 5.69 Å². The predicted octanol–water partition coefficient (Wildman–Crippen LogP) is 3.90. The van der Waals surface area contributed by atoms with Crippen LogP contribution in [0.3, 0.4) is 0 Å². The molecule has 0 spiro atoms. The van der Waals surface area contributed by atoms with Gasteiger partial charge >= 0.3 is 0 Å². The van der Waals surface area contributed by atoms with Crippen molar-refractivity contribution in [1.29, 1.82) is 0 Å². The van der Waals surface area contributed by atoms with E-state index in [1.165, 1.54) is 42.3 Å². The zero-order chi connectivity index (χ0) is 13.4. The monoisotopic (exact) mass is 322 g/mol. The lowest BCUT2D eigenvalue weighted by Crippen LogP contribution is -2.54. The Hall–Kier alpha value is -0.540. The van der Waals surface area contributed by atoms with Crippen molar-refractivity contribution in [3.05, 3.63) is 28.7 Å². The van der Waals surface area contributed by atoms with Crippen molar-refractivity contribution in [1.82, 2.24) is 4.90 Å². The molecule has 0 aromatic heterocycles. The molecule has 0 N–H and O–H groups in total. The van der Waals surface area contributed by atoms with Crippen LogP contribution in [-0.4, -0.2) is 37.1 Å². The average Bonchev–Trinajstić information content (AvgIpc) is 2.38. The van der Waals surface area contributed by atoms with Crippen LogP contribution in [0.2, 0.25) is 0 Å². The highest BCUT2D eigenvalue weighted by atomic mass is 79.9. The third-order valence-electron chi connectivity index (χ3n) is 5.10. The second kappa shape index (κ2) is 5.45. The van der Waals surface area contributed by atoms with E-state index in [0.717, 1.165) is 12.1 Å². The first-order valence-corrected chi connectivity index (χ1v) is 8.15. The van der Waals surface area contributed by atoms with E-state index in [4.69, 9.17) is 0 Å². The summed E-state index contributed by atoms with van der Waals surface area (Å²) in [6.07, 6.45) is 6.81. The molecule has 2 aliphatic rings. The Morgan fingerprint density at radius 1 is 1.16 bits per heavy atom. The van der Waals surface area contributed by atoms with E-state index in [9.17, 15) is 0 Å². The molecule has 104 valence electrons. The maximum Gasteiger partial charge on any atom is 0.0510 e. The predicted molar refractivity (Wildman–Crippen MR) is 84.8 cm³/mol. The fraction of sp³-hybridized carbons (Fsp3) is 0.625. The van der Waals surface area contributed by atoms with Gasteiger partial charge < -0.3 is 9.80 Å². The van der Waals surface area contributed by atoms with Crippen molar-refractivity contribution in [2.45, 2.75) is 50.2 Å². The smallest absolute Gasteiger partial charge is 0.0510 e. The molecule has 2 bridgehead atoms. The minimum absolute atomic E-state index is 0.685. The molecule has 2 aliphatic heterocycles. The van der Waals surface area contributed by atoms with E-state index in [-0.39, 0.29) is 0 Å². The van der Waals surface area contributed by atoms with Gasteiger partial charge in [-0.1, -0.05) is 18.6 Å².